The summed E-state index contributed by atoms with van der Waals surface area (Å²) >= 11 is 0. The summed E-state index contributed by atoms with van der Waals surface area (Å²) in [4.78, 5) is 11.6. The molecule has 1 atom stereocenters. The number of hydrogen-bond donors (Lipinski definition) is 3. The maximum atomic E-state index is 12.8. The Morgan fingerprint density at radius 2 is 1.90 bits per heavy atom. The highest BCUT2D eigenvalue weighted by atomic mass is 32.2. The van der Waals surface area contributed by atoms with Crippen LogP contribution in [0.5, 0.6) is 0 Å². The van der Waals surface area contributed by atoms with E-state index in [0.29, 0.717) is 23.3 Å². The van der Waals surface area contributed by atoms with Crippen molar-refractivity contribution in [2.75, 3.05) is 11.9 Å². The zero-order chi connectivity index (χ0) is 21.2. The molecule has 0 bridgehead atoms. The fourth-order valence-electron chi connectivity index (χ4n) is 2.93. The number of carbonyl (C=O) groups excluding carboxylic acids is 1. The van der Waals surface area contributed by atoms with Crippen LogP contribution in [0.1, 0.15) is 31.6 Å². The van der Waals surface area contributed by atoms with E-state index in [0.717, 1.165) is 5.39 Å². The second kappa shape index (κ2) is 7.98. The molecule has 0 fully saturated rings. The van der Waals surface area contributed by atoms with Gasteiger partial charge in [-0.1, -0.05) is 25.1 Å². The van der Waals surface area contributed by atoms with E-state index in [1.54, 1.807) is 32.0 Å². The summed E-state index contributed by atoms with van der Waals surface area (Å²) in [5.41, 5.74) is 0.0956. The molecule has 1 unspecified atom stereocenters. The van der Waals surface area contributed by atoms with Gasteiger partial charge in [-0.05, 0) is 49.7 Å². The van der Waals surface area contributed by atoms with Crippen LogP contribution in [0.4, 0.5) is 5.69 Å². The number of amides is 1. The largest absolute Gasteiger partial charge is 0.458 e. The van der Waals surface area contributed by atoms with Crippen molar-refractivity contribution in [3.05, 3.63) is 59.9 Å². The number of aryl methyl sites for hydroxylation is 1. The van der Waals surface area contributed by atoms with E-state index in [4.69, 9.17) is 4.42 Å². The Morgan fingerprint density at radius 1 is 1.17 bits per heavy atom. The van der Waals surface area contributed by atoms with Gasteiger partial charge >= 0.3 is 0 Å². The summed E-state index contributed by atoms with van der Waals surface area (Å²) in [6.07, 6.45) is 0.331. The van der Waals surface area contributed by atoms with Gasteiger partial charge in [0.1, 0.15) is 16.9 Å². The van der Waals surface area contributed by atoms with E-state index in [-0.39, 0.29) is 23.1 Å². The fourth-order valence-corrected chi connectivity index (χ4v) is 4.28. The Balaban J connectivity index is 1.77. The van der Waals surface area contributed by atoms with Crippen LogP contribution in [0, 0.1) is 6.92 Å². The highest BCUT2D eigenvalue weighted by Gasteiger charge is 2.30. The topological polar surface area (TPSA) is 109 Å². The number of hydrogen-bond acceptors (Lipinski definition) is 5. The molecule has 1 amide bonds. The molecule has 154 valence electrons. The number of benzene rings is 2. The van der Waals surface area contributed by atoms with Gasteiger partial charge in [-0.25, -0.2) is 13.1 Å². The Labute approximate surface area is 169 Å². The predicted molar refractivity (Wildman–Crippen MR) is 111 cm³/mol. The Morgan fingerprint density at radius 3 is 2.55 bits per heavy atom. The van der Waals surface area contributed by atoms with E-state index in [9.17, 15) is 18.3 Å². The lowest BCUT2D eigenvalue weighted by atomic mass is 10.0. The van der Waals surface area contributed by atoms with Crippen LogP contribution in [-0.2, 0) is 20.4 Å². The lowest BCUT2D eigenvalue weighted by Crippen LogP contribution is -2.38. The Kier molecular flexibility index (Phi) is 5.79. The third kappa shape index (κ3) is 4.67. The van der Waals surface area contributed by atoms with Crippen molar-refractivity contribution in [1.82, 2.24) is 4.72 Å². The molecule has 0 aliphatic rings. The highest BCUT2D eigenvalue weighted by Crippen LogP contribution is 2.28. The van der Waals surface area contributed by atoms with E-state index in [2.05, 4.69) is 10.0 Å². The van der Waals surface area contributed by atoms with Crippen molar-refractivity contribution < 1.29 is 22.7 Å². The summed E-state index contributed by atoms with van der Waals surface area (Å²) in [6, 6.07) is 13.6. The highest BCUT2D eigenvalue weighted by molar-refractivity contribution is 7.89. The van der Waals surface area contributed by atoms with Crippen molar-refractivity contribution in [3.8, 4) is 0 Å². The molecule has 3 N–H and O–H groups in total. The minimum atomic E-state index is -3.88. The van der Waals surface area contributed by atoms with Crippen LogP contribution in [0.3, 0.4) is 0 Å². The van der Waals surface area contributed by atoms with Crippen LogP contribution in [0.2, 0.25) is 0 Å². The first kappa shape index (κ1) is 21.0. The molecule has 3 aromatic rings. The zero-order valence-corrected chi connectivity index (χ0v) is 17.3. The van der Waals surface area contributed by atoms with Crippen molar-refractivity contribution >= 4 is 32.6 Å². The van der Waals surface area contributed by atoms with E-state index in [1.165, 1.54) is 19.1 Å². The van der Waals surface area contributed by atoms with E-state index < -0.39 is 15.6 Å². The van der Waals surface area contributed by atoms with E-state index in [1.807, 2.05) is 18.2 Å². The number of sulfonamides is 1. The number of aliphatic hydroxyl groups is 1. The molecular weight excluding hydrogens is 392 g/mol. The SMILES string of the molecule is CCC(=O)Nc1ccc(S(=O)(=O)NCC(C)(O)c2cc3ccccc3o2)c(C)c1. The van der Waals surface area contributed by atoms with Crippen molar-refractivity contribution in [2.24, 2.45) is 0 Å². The van der Waals surface area contributed by atoms with Crippen LogP contribution in [0.25, 0.3) is 11.0 Å². The molecule has 7 nitrogen and oxygen atoms in total. The van der Waals surface area contributed by atoms with Gasteiger partial charge < -0.3 is 14.8 Å². The van der Waals surface area contributed by atoms with Crippen molar-refractivity contribution in [1.29, 1.82) is 0 Å². The number of furan rings is 1. The molecule has 0 radical (unpaired) electrons. The van der Waals surface area contributed by atoms with E-state index >= 15 is 0 Å². The summed E-state index contributed by atoms with van der Waals surface area (Å²) in [5, 5.41) is 14.3. The lowest BCUT2D eigenvalue weighted by Gasteiger charge is -2.21. The van der Waals surface area contributed by atoms with Crippen LogP contribution in [-0.4, -0.2) is 26.0 Å². The summed E-state index contributed by atoms with van der Waals surface area (Å²) in [6.45, 7) is 4.61. The van der Waals surface area contributed by atoms with Gasteiger partial charge in [0, 0.05) is 24.0 Å². The van der Waals surface area contributed by atoms with Gasteiger partial charge in [0.15, 0.2) is 0 Å². The second-order valence-electron chi connectivity index (χ2n) is 7.13. The molecule has 0 saturated carbocycles. The summed E-state index contributed by atoms with van der Waals surface area (Å²) < 4.78 is 33.6. The number of rotatable bonds is 7. The smallest absolute Gasteiger partial charge is 0.240 e. The number of para-hydroxylation sites is 1. The normalized spacial score (nSPS) is 13.9. The first-order valence-corrected chi connectivity index (χ1v) is 10.7. The second-order valence-corrected chi connectivity index (χ2v) is 8.86. The fraction of sp³-hybridized carbons (Fsp3) is 0.286. The molecule has 29 heavy (non-hydrogen) atoms. The zero-order valence-electron chi connectivity index (χ0n) is 16.5. The average Bonchev–Trinajstić information content (AvgIpc) is 3.11. The van der Waals surface area contributed by atoms with Crippen molar-refractivity contribution in [3.63, 3.8) is 0 Å². The van der Waals surface area contributed by atoms with Gasteiger partial charge in [-0.15, -0.1) is 0 Å². The molecule has 0 aliphatic carbocycles. The third-order valence-electron chi connectivity index (χ3n) is 4.63. The van der Waals surface area contributed by atoms with Crippen LogP contribution < -0.4 is 10.0 Å². The predicted octanol–water partition coefficient (Wildman–Crippen LogP) is 3.28. The first-order valence-electron chi connectivity index (χ1n) is 9.24. The Bertz CT molecular complexity index is 1120. The molecule has 3 rings (SSSR count). The first-order chi connectivity index (χ1) is 13.6. The summed E-state index contributed by atoms with van der Waals surface area (Å²) in [5.74, 6) is 0.121. The quantitative estimate of drug-likeness (QED) is 0.548. The molecule has 2 aromatic carbocycles. The molecule has 1 heterocycles. The molecule has 1 aromatic heterocycles. The number of fused-ring (bicyclic) bond motifs is 1. The molecule has 0 saturated heterocycles. The summed E-state index contributed by atoms with van der Waals surface area (Å²) in [7, 11) is -3.88. The molecule has 0 aliphatic heterocycles. The van der Waals surface area contributed by atoms with Gasteiger partial charge in [-0.3, -0.25) is 4.79 Å². The minimum Gasteiger partial charge on any atom is -0.458 e. The minimum absolute atomic E-state index is 0.0763. The van der Waals surface area contributed by atoms with Gasteiger partial charge in [0.05, 0.1) is 4.90 Å². The number of nitrogens with one attached hydrogen (secondary N) is 2. The third-order valence-corrected chi connectivity index (χ3v) is 6.19. The molecule has 0 spiro atoms. The average molecular weight is 416 g/mol. The standard InChI is InChI=1S/C21H24N2O5S/c1-4-20(24)23-16-9-10-18(14(2)11-16)29(26,27)22-13-21(3,25)19-12-15-7-5-6-8-17(15)28-19/h5-12,22,25H,4,13H2,1-3H3,(H,23,24). The lowest BCUT2D eigenvalue weighted by molar-refractivity contribution is -0.115. The van der Waals surface area contributed by atoms with Crippen LogP contribution in [0.15, 0.2) is 57.8 Å². The van der Waals surface area contributed by atoms with Gasteiger partial charge in [0.25, 0.3) is 0 Å². The van der Waals surface area contributed by atoms with Crippen molar-refractivity contribution in [2.45, 2.75) is 37.7 Å². The van der Waals surface area contributed by atoms with Gasteiger partial charge in [0.2, 0.25) is 15.9 Å². The maximum absolute atomic E-state index is 12.8. The maximum Gasteiger partial charge on any atom is 0.240 e. The molecule has 8 heteroatoms. The molecular formula is C21H24N2O5S. The van der Waals surface area contributed by atoms with Gasteiger partial charge in [-0.2, -0.15) is 0 Å². The monoisotopic (exact) mass is 416 g/mol. The number of carbonyl (C=O) groups is 1. The van der Waals surface area contributed by atoms with Crippen LogP contribution >= 0.6 is 0 Å². The number of anilines is 1. The Hall–Kier alpha value is -2.68.